The number of hydrogen-bond donors (Lipinski definition) is 3. The summed E-state index contributed by atoms with van der Waals surface area (Å²) in [6, 6.07) is 2.66. The number of amides is 1. The summed E-state index contributed by atoms with van der Waals surface area (Å²) >= 11 is 0. The monoisotopic (exact) mass is 226 g/mol. The van der Waals surface area contributed by atoms with E-state index in [0.29, 0.717) is 0 Å². The highest BCUT2D eigenvalue weighted by Gasteiger charge is 2.14. The Bertz CT molecular complexity index is 396. The molecule has 6 nitrogen and oxygen atoms in total. The molecule has 0 radical (unpaired) electrons. The van der Waals surface area contributed by atoms with Crippen molar-refractivity contribution < 1.29 is 15.0 Å². The van der Waals surface area contributed by atoms with Gasteiger partial charge in [-0.1, -0.05) is 0 Å². The largest absolute Gasteiger partial charge is 0.395 e. The van der Waals surface area contributed by atoms with Crippen LogP contribution in [-0.4, -0.2) is 52.3 Å². The number of H-pyrrole nitrogens is 1. The van der Waals surface area contributed by atoms with Crippen LogP contribution in [0.3, 0.4) is 0 Å². The van der Waals surface area contributed by atoms with Gasteiger partial charge in [0, 0.05) is 30.9 Å². The average molecular weight is 226 g/mol. The zero-order valence-electron chi connectivity index (χ0n) is 8.72. The second kappa shape index (κ2) is 6.04. The van der Waals surface area contributed by atoms with Crippen molar-refractivity contribution in [2.24, 2.45) is 0 Å². The molecule has 0 spiro atoms. The van der Waals surface area contributed by atoms with Crippen LogP contribution in [0.4, 0.5) is 0 Å². The van der Waals surface area contributed by atoms with Crippen molar-refractivity contribution in [3.8, 4) is 0 Å². The average Bonchev–Trinajstić information content (AvgIpc) is 2.28. The van der Waals surface area contributed by atoms with Gasteiger partial charge in [-0.05, 0) is 6.07 Å². The van der Waals surface area contributed by atoms with Crippen molar-refractivity contribution in [3.63, 3.8) is 0 Å². The smallest absolute Gasteiger partial charge is 0.254 e. The van der Waals surface area contributed by atoms with Gasteiger partial charge < -0.3 is 20.1 Å². The lowest BCUT2D eigenvalue weighted by Gasteiger charge is -2.20. The van der Waals surface area contributed by atoms with Gasteiger partial charge in [0.2, 0.25) is 5.56 Å². The number of nitrogens with zero attached hydrogens (tertiary/aromatic N) is 1. The highest BCUT2D eigenvalue weighted by atomic mass is 16.3. The predicted molar refractivity (Wildman–Crippen MR) is 57.1 cm³/mol. The van der Waals surface area contributed by atoms with E-state index in [1.54, 1.807) is 0 Å². The molecule has 88 valence electrons. The molecule has 1 aromatic rings. The molecule has 0 aromatic carbocycles. The van der Waals surface area contributed by atoms with Gasteiger partial charge in [0.1, 0.15) is 0 Å². The molecule has 1 heterocycles. The lowest BCUT2D eigenvalue weighted by Crippen LogP contribution is -2.36. The number of nitrogens with one attached hydrogen (secondary N) is 1. The summed E-state index contributed by atoms with van der Waals surface area (Å²) in [6.07, 6.45) is 1.38. The molecule has 1 rings (SSSR count). The second-order valence-corrected chi connectivity index (χ2v) is 3.18. The summed E-state index contributed by atoms with van der Waals surface area (Å²) in [4.78, 5) is 26.5. The molecule has 6 heteroatoms. The third-order valence-electron chi connectivity index (χ3n) is 2.05. The van der Waals surface area contributed by atoms with Gasteiger partial charge >= 0.3 is 0 Å². The number of aromatic amines is 1. The minimum Gasteiger partial charge on any atom is -0.395 e. The third kappa shape index (κ3) is 3.18. The Labute approximate surface area is 92.1 Å². The molecule has 0 aliphatic rings. The SMILES string of the molecule is O=C(c1cc[nH]c(=O)c1)N(CCO)CCO. The molecule has 0 saturated carbocycles. The molecule has 0 unspecified atom stereocenters. The number of hydrogen-bond acceptors (Lipinski definition) is 4. The van der Waals surface area contributed by atoms with E-state index in [0.717, 1.165) is 0 Å². The maximum absolute atomic E-state index is 11.8. The number of pyridine rings is 1. The first-order chi connectivity index (χ1) is 7.69. The van der Waals surface area contributed by atoms with Crippen LogP contribution in [0.15, 0.2) is 23.1 Å². The lowest BCUT2D eigenvalue weighted by atomic mass is 10.2. The molecule has 0 atom stereocenters. The quantitative estimate of drug-likeness (QED) is 0.588. The van der Waals surface area contributed by atoms with Crippen LogP contribution in [-0.2, 0) is 0 Å². The van der Waals surface area contributed by atoms with Gasteiger partial charge in [-0.3, -0.25) is 9.59 Å². The van der Waals surface area contributed by atoms with Crippen LogP contribution in [0.1, 0.15) is 10.4 Å². The Morgan fingerprint density at radius 1 is 1.31 bits per heavy atom. The van der Waals surface area contributed by atoms with Gasteiger partial charge in [-0.2, -0.15) is 0 Å². The summed E-state index contributed by atoms with van der Waals surface area (Å²) in [5.74, 6) is -0.380. The lowest BCUT2D eigenvalue weighted by molar-refractivity contribution is 0.0684. The maximum Gasteiger partial charge on any atom is 0.254 e. The molecule has 0 aliphatic heterocycles. The van der Waals surface area contributed by atoms with E-state index in [9.17, 15) is 9.59 Å². The van der Waals surface area contributed by atoms with Crippen LogP contribution in [0, 0.1) is 0 Å². The van der Waals surface area contributed by atoms with Crippen molar-refractivity contribution in [1.82, 2.24) is 9.88 Å². The van der Waals surface area contributed by atoms with Crippen LogP contribution < -0.4 is 5.56 Å². The number of aliphatic hydroxyl groups excluding tert-OH is 2. The summed E-state index contributed by atoms with van der Waals surface area (Å²) in [5.41, 5.74) is -0.121. The number of rotatable bonds is 5. The van der Waals surface area contributed by atoms with E-state index in [1.165, 1.54) is 23.2 Å². The molecule has 1 aromatic heterocycles. The summed E-state index contributed by atoms with van der Waals surface area (Å²) in [7, 11) is 0. The van der Waals surface area contributed by atoms with Crippen molar-refractivity contribution in [2.75, 3.05) is 26.3 Å². The Hall–Kier alpha value is -1.66. The third-order valence-corrected chi connectivity index (χ3v) is 2.05. The maximum atomic E-state index is 11.8. The van der Waals surface area contributed by atoms with E-state index < -0.39 is 0 Å². The number of carbonyl (C=O) groups is 1. The molecule has 0 aliphatic carbocycles. The zero-order chi connectivity index (χ0) is 12.0. The van der Waals surface area contributed by atoms with E-state index in [4.69, 9.17) is 10.2 Å². The first-order valence-corrected chi connectivity index (χ1v) is 4.88. The van der Waals surface area contributed by atoms with E-state index in [2.05, 4.69) is 4.98 Å². The normalized spacial score (nSPS) is 10.1. The fourth-order valence-corrected chi connectivity index (χ4v) is 1.32. The first kappa shape index (κ1) is 12.4. The number of aliphatic hydroxyl groups is 2. The van der Waals surface area contributed by atoms with Crippen molar-refractivity contribution >= 4 is 5.91 Å². The molecular weight excluding hydrogens is 212 g/mol. The molecule has 3 N–H and O–H groups in total. The van der Waals surface area contributed by atoms with Crippen molar-refractivity contribution in [3.05, 3.63) is 34.2 Å². The first-order valence-electron chi connectivity index (χ1n) is 4.88. The minimum absolute atomic E-state index is 0.131. The summed E-state index contributed by atoms with van der Waals surface area (Å²) in [5, 5.41) is 17.5. The van der Waals surface area contributed by atoms with Gasteiger partial charge in [-0.25, -0.2) is 0 Å². The Balaban J connectivity index is 2.85. The van der Waals surface area contributed by atoms with Gasteiger partial charge in [0.15, 0.2) is 0 Å². The number of aromatic nitrogens is 1. The summed E-state index contributed by atoms with van der Waals surface area (Å²) < 4.78 is 0. The Morgan fingerprint density at radius 3 is 2.44 bits per heavy atom. The molecular formula is C10H14N2O4. The fraction of sp³-hybridized carbons (Fsp3) is 0.400. The Morgan fingerprint density at radius 2 is 1.94 bits per heavy atom. The Kier molecular flexibility index (Phi) is 4.68. The molecule has 0 saturated heterocycles. The minimum atomic E-state index is -0.380. The molecule has 16 heavy (non-hydrogen) atoms. The van der Waals surface area contributed by atoms with Crippen LogP contribution in [0.25, 0.3) is 0 Å². The second-order valence-electron chi connectivity index (χ2n) is 3.18. The predicted octanol–water partition coefficient (Wildman–Crippen LogP) is -1.20. The van der Waals surface area contributed by atoms with Crippen molar-refractivity contribution in [2.45, 2.75) is 0 Å². The standard InChI is InChI=1S/C10H14N2O4/c13-5-3-12(4-6-14)10(16)8-1-2-11-9(15)7-8/h1-2,7,13-14H,3-6H2,(H,11,15). The van der Waals surface area contributed by atoms with Crippen molar-refractivity contribution in [1.29, 1.82) is 0 Å². The van der Waals surface area contributed by atoms with Gasteiger partial charge in [-0.15, -0.1) is 0 Å². The zero-order valence-corrected chi connectivity index (χ0v) is 8.72. The van der Waals surface area contributed by atoms with Gasteiger partial charge in [0.25, 0.3) is 5.91 Å². The summed E-state index contributed by atoms with van der Waals surface area (Å²) in [6.45, 7) is -0.109. The van der Waals surface area contributed by atoms with Crippen LogP contribution >= 0.6 is 0 Å². The van der Waals surface area contributed by atoms with Gasteiger partial charge in [0.05, 0.1) is 13.2 Å². The van der Waals surface area contributed by atoms with E-state index in [1.807, 2.05) is 0 Å². The highest BCUT2D eigenvalue weighted by Crippen LogP contribution is 2.01. The molecule has 0 bridgehead atoms. The number of carbonyl (C=O) groups excluding carboxylic acids is 1. The highest BCUT2D eigenvalue weighted by molar-refractivity contribution is 5.94. The topological polar surface area (TPSA) is 93.6 Å². The van der Waals surface area contributed by atoms with Crippen LogP contribution in [0.2, 0.25) is 0 Å². The fourth-order valence-electron chi connectivity index (χ4n) is 1.32. The van der Waals surface area contributed by atoms with Crippen LogP contribution in [0.5, 0.6) is 0 Å². The molecule has 1 amide bonds. The molecule has 0 fully saturated rings. The van der Waals surface area contributed by atoms with E-state index >= 15 is 0 Å². The van der Waals surface area contributed by atoms with E-state index in [-0.39, 0.29) is 43.3 Å².